The van der Waals surface area contributed by atoms with Gasteiger partial charge < -0.3 is 14.7 Å². The fraction of sp³-hybridized carbons (Fsp3) is 0.412. The second-order valence-electron chi connectivity index (χ2n) is 6.43. The lowest BCUT2D eigenvalue weighted by Crippen LogP contribution is -2.38. The Bertz CT molecular complexity index is 955. The van der Waals surface area contributed by atoms with Gasteiger partial charge >= 0.3 is 6.09 Å². The lowest BCUT2D eigenvalue weighted by Gasteiger charge is -2.30. The number of nitrogens with zero attached hydrogens (tertiary/aromatic N) is 6. The molecule has 1 fully saturated rings. The van der Waals surface area contributed by atoms with Gasteiger partial charge in [-0.3, -0.25) is 0 Å². The highest BCUT2D eigenvalue weighted by Gasteiger charge is 2.26. The molecule has 1 aliphatic rings. The van der Waals surface area contributed by atoms with E-state index in [0.717, 1.165) is 41.1 Å². The van der Waals surface area contributed by atoms with E-state index in [9.17, 15) is 4.79 Å². The van der Waals surface area contributed by atoms with Crippen molar-refractivity contribution in [3.63, 3.8) is 0 Å². The van der Waals surface area contributed by atoms with Gasteiger partial charge in [0.1, 0.15) is 17.0 Å². The summed E-state index contributed by atoms with van der Waals surface area (Å²) < 4.78 is 9.14. The number of ether oxygens (including phenoxy) is 1. The summed E-state index contributed by atoms with van der Waals surface area (Å²) in [6.45, 7) is 3.02. The van der Waals surface area contributed by atoms with Gasteiger partial charge in [-0.2, -0.15) is 5.10 Å². The van der Waals surface area contributed by atoms with Crippen LogP contribution in [0, 0.1) is 6.92 Å². The molecule has 4 rings (SSSR count). The predicted molar refractivity (Wildman–Crippen MR) is 93.4 cm³/mol. The molecule has 1 saturated heterocycles. The molecular weight excluding hydrogens is 336 g/mol. The van der Waals surface area contributed by atoms with Crippen LogP contribution in [0.25, 0.3) is 16.8 Å². The molecule has 136 valence electrons. The van der Waals surface area contributed by atoms with Gasteiger partial charge in [-0.05, 0) is 31.9 Å². The van der Waals surface area contributed by atoms with E-state index in [1.54, 1.807) is 17.8 Å². The average Bonchev–Trinajstić information content (AvgIpc) is 3.27. The second-order valence-corrected chi connectivity index (χ2v) is 6.43. The predicted octanol–water partition coefficient (Wildman–Crippen LogP) is 2.22. The Labute approximate surface area is 149 Å². The topological polar surface area (TPSA) is 97.8 Å². The summed E-state index contributed by atoms with van der Waals surface area (Å²) >= 11 is 0. The Morgan fingerprint density at radius 2 is 2.12 bits per heavy atom. The molecule has 0 spiro atoms. The molecule has 0 saturated carbocycles. The normalized spacial score (nSPS) is 15.5. The molecule has 1 N–H and O–H groups in total. The minimum absolute atomic E-state index is 0.155. The van der Waals surface area contributed by atoms with Crippen molar-refractivity contribution in [2.24, 2.45) is 0 Å². The van der Waals surface area contributed by atoms with Crippen LogP contribution in [0.2, 0.25) is 0 Å². The number of hydrogen-bond acceptors (Lipinski definition) is 5. The maximum atomic E-state index is 11.1. The highest BCUT2D eigenvalue weighted by molar-refractivity contribution is 5.70. The Kier molecular flexibility index (Phi) is 3.98. The van der Waals surface area contributed by atoms with Gasteiger partial charge in [0.25, 0.3) is 0 Å². The van der Waals surface area contributed by atoms with Crippen molar-refractivity contribution in [1.82, 2.24) is 29.5 Å². The molecule has 0 unspecified atom stereocenters. The van der Waals surface area contributed by atoms with Crippen molar-refractivity contribution in [1.29, 1.82) is 0 Å². The Morgan fingerprint density at radius 3 is 2.81 bits per heavy atom. The number of fused-ring (bicyclic) bond motifs is 1. The van der Waals surface area contributed by atoms with Crippen LogP contribution in [0.4, 0.5) is 4.79 Å². The van der Waals surface area contributed by atoms with E-state index in [2.05, 4.69) is 15.4 Å². The molecule has 0 bridgehead atoms. The molecule has 0 atom stereocenters. The zero-order valence-corrected chi connectivity index (χ0v) is 14.7. The molecule has 1 aliphatic heterocycles. The summed E-state index contributed by atoms with van der Waals surface area (Å²) in [6.07, 6.45) is 4.24. The first kappa shape index (κ1) is 16.4. The first-order valence-corrected chi connectivity index (χ1v) is 8.50. The van der Waals surface area contributed by atoms with E-state index in [-0.39, 0.29) is 6.04 Å². The third kappa shape index (κ3) is 2.65. The lowest BCUT2D eigenvalue weighted by atomic mass is 10.0. The van der Waals surface area contributed by atoms with Crippen LogP contribution in [-0.4, -0.2) is 60.9 Å². The Balaban J connectivity index is 1.65. The van der Waals surface area contributed by atoms with Crippen molar-refractivity contribution in [3.05, 3.63) is 30.2 Å². The van der Waals surface area contributed by atoms with Crippen molar-refractivity contribution in [2.45, 2.75) is 25.8 Å². The first-order chi connectivity index (χ1) is 12.6. The number of carbonyl (C=O) groups is 1. The summed E-state index contributed by atoms with van der Waals surface area (Å²) in [4.78, 5) is 12.5. The fourth-order valence-corrected chi connectivity index (χ4v) is 3.55. The Hall–Kier alpha value is -3.10. The number of piperidine rings is 1. The number of pyridine rings is 1. The number of amides is 1. The van der Waals surface area contributed by atoms with Gasteiger partial charge in [-0.25, -0.2) is 14.0 Å². The van der Waals surface area contributed by atoms with Gasteiger partial charge in [0.15, 0.2) is 0 Å². The van der Waals surface area contributed by atoms with Crippen LogP contribution >= 0.6 is 0 Å². The van der Waals surface area contributed by atoms with E-state index in [1.807, 2.05) is 29.9 Å². The largest absolute Gasteiger partial charge is 0.494 e. The molecule has 4 heterocycles. The van der Waals surface area contributed by atoms with Gasteiger partial charge in [-0.15, -0.1) is 5.10 Å². The molecule has 0 aromatic carbocycles. The van der Waals surface area contributed by atoms with Crippen molar-refractivity contribution in [2.75, 3.05) is 20.2 Å². The number of methoxy groups -OCH3 is 1. The quantitative estimate of drug-likeness (QED) is 0.773. The summed E-state index contributed by atoms with van der Waals surface area (Å²) in [5, 5.41) is 22.1. The zero-order chi connectivity index (χ0) is 18.3. The van der Waals surface area contributed by atoms with Gasteiger partial charge in [0.05, 0.1) is 25.0 Å². The van der Waals surface area contributed by atoms with E-state index in [0.29, 0.717) is 13.1 Å². The molecule has 0 radical (unpaired) electrons. The van der Waals surface area contributed by atoms with Gasteiger partial charge in [0, 0.05) is 24.8 Å². The SMILES string of the molecule is COc1cc(-c2nnn(C3CCN(C(=O)O)CC3)c2C)cn2nccc12. The van der Waals surface area contributed by atoms with Crippen molar-refractivity contribution in [3.8, 4) is 17.0 Å². The standard InChI is InChI=1S/C17H20N6O3/c1-11-16(12-9-15(26-2)14-3-6-18-22(14)10-12)19-20-23(11)13-4-7-21(8-5-13)17(24)25/h3,6,9-10,13H,4-5,7-8H2,1-2H3,(H,24,25). The number of likely N-dealkylation sites (tertiary alicyclic amines) is 1. The van der Waals surface area contributed by atoms with Crippen LogP contribution in [0.5, 0.6) is 5.75 Å². The molecule has 1 amide bonds. The lowest BCUT2D eigenvalue weighted by molar-refractivity contribution is 0.123. The van der Waals surface area contributed by atoms with Gasteiger partial charge in [0.2, 0.25) is 0 Å². The summed E-state index contributed by atoms with van der Waals surface area (Å²) in [7, 11) is 1.63. The minimum Gasteiger partial charge on any atom is -0.494 e. The number of carboxylic acid groups (broad SMARTS) is 1. The minimum atomic E-state index is -0.862. The molecule has 3 aromatic heterocycles. The first-order valence-electron chi connectivity index (χ1n) is 8.50. The smallest absolute Gasteiger partial charge is 0.407 e. The van der Waals surface area contributed by atoms with Crippen LogP contribution in [0.3, 0.4) is 0 Å². The van der Waals surface area contributed by atoms with Crippen LogP contribution in [0.1, 0.15) is 24.6 Å². The van der Waals surface area contributed by atoms with E-state index < -0.39 is 6.09 Å². The monoisotopic (exact) mass is 356 g/mol. The molecule has 26 heavy (non-hydrogen) atoms. The fourth-order valence-electron chi connectivity index (χ4n) is 3.55. The van der Waals surface area contributed by atoms with Crippen LogP contribution in [0.15, 0.2) is 24.5 Å². The van der Waals surface area contributed by atoms with Gasteiger partial charge in [-0.1, -0.05) is 5.21 Å². The molecule has 9 heteroatoms. The number of rotatable bonds is 3. The maximum absolute atomic E-state index is 11.1. The Morgan fingerprint density at radius 1 is 1.35 bits per heavy atom. The molecule has 0 aliphatic carbocycles. The average molecular weight is 356 g/mol. The third-order valence-electron chi connectivity index (χ3n) is 4.97. The zero-order valence-electron chi connectivity index (χ0n) is 14.7. The summed E-state index contributed by atoms with van der Waals surface area (Å²) in [6, 6.07) is 3.98. The number of aromatic nitrogens is 5. The van der Waals surface area contributed by atoms with E-state index >= 15 is 0 Å². The summed E-state index contributed by atoms with van der Waals surface area (Å²) in [5.41, 5.74) is 3.50. The maximum Gasteiger partial charge on any atom is 0.407 e. The second kappa shape index (κ2) is 6.32. The van der Waals surface area contributed by atoms with Crippen LogP contribution < -0.4 is 4.74 Å². The van der Waals surface area contributed by atoms with E-state index in [1.165, 1.54) is 4.90 Å². The summed E-state index contributed by atoms with van der Waals surface area (Å²) in [5.74, 6) is 0.726. The van der Waals surface area contributed by atoms with E-state index in [4.69, 9.17) is 9.84 Å². The third-order valence-corrected chi connectivity index (χ3v) is 4.97. The van der Waals surface area contributed by atoms with Crippen molar-refractivity contribution >= 4 is 11.6 Å². The molecule has 9 nitrogen and oxygen atoms in total. The van der Waals surface area contributed by atoms with Crippen LogP contribution in [-0.2, 0) is 0 Å². The number of hydrogen-bond donors (Lipinski definition) is 1. The van der Waals surface area contributed by atoms with Crippen molar-refractivity contribution < 1.29 is 14.6 Å². The highest BCUT2D eigenvalue weighted by atomic mass is 16.5. The highest BCUT2D eigenvalue weighted by Crippen LogP contribution is 2.30. The molecular formula is C17H20N6O3. The molecule has 3 aromatic rings.